The van der Waals surface area contributed by atoms with E-state index in [-0.39, 0.29) is 12.5 Å². The Morgan fingerprint density at radius 3 is 2.40 bits per heavy atom. The highest BCUT2D eigenvalue weighted by Gasteiger charge is 2.15. The zero-order valence-corrected chi connectivity index (χ0v) is 8.95. The van der Waals surface area contributed by atoms with Crippen LogP contribution < -0.4 is 5.32 Å². The van der Waals surface area contributed by atoms with E-state index in [2.05, 4.69) is 5.32 Å². The van der Waals surface area contributed by atoms with Crippen LogP contribution in [0.4, 0.5) is 0 Å². The Hall–Kier alpha value is -1.59. The molecule has 15 heavy (non-hydrogen) atoms. The largest absolute Gasteiger partial charge is 0.481 e. The first-order valence-electron chi connectivity index (χ1n) is 4.69. The topological polar surface area (TPSA) is 86.7 Å². The highest BCUT2D eigenvalue weighted by Crippen LogP contribution is 1.90. The Balaban J connectivity index is 3.90. The van der Waals surface area contributed by atoms with Crippen molar-refractivity contribution in [2.24, 2.45) is 0 Å². The lowest BCUT2D eigenvalue weighted by atomic mass is 10.3. The first-order chi connectivity index (χ1) is 6.97. The van der Waals surface area contributed by atoms with Gasteiger partial charge in [-0.05, 0) is 6.42 Å². The summed E-state index contributed by atoms with van der Waals surface area (Å²) in [4.78, 5) is 33.6. The van der Waals surface area contributed by atoms with Gasteiger partial charge in [-0.1, -0.05) is 6.92 Å². The predicted octanol–water partition coefficient (Wildman–Crippen LogP) is -0.554. The van der Waals surface area contributed by atoms with Crippen LogP contribution in [0.1, 0.15) is 19.8 Å². The van der Waals surface area contributed by atoms with Crippen molar-refractivity contribution in [3.63, 3.8) is 0 Å². The maximum atomic E-state index is 11.2. The van der Waals surface area contributed by atoms with Crippen LogP contribution in [0.25, 0.3) is 0 Å². The van der Waals surface area contributed by atoms with Gasteiger partial charge in [-0.25, -0.2) is 0 Å². The number of nitrogens with zero attached hydrogens (tertiary/aromatic N) is 1. The fourth-order valence-corrected chi connectivity index (χ4v) is 0.888. The number of hydrogen-bond acceptors (Lipinski definition) is 3. The molecule has 0 saturated heterocycles. The molecule has 0 spiro atoms. The van der Waals surface area contributed by atoms with Gasteiger partial charge in [-0.15, -0.1) is 0 Å². The molecule has 0 unspecified atom stereocenters. The van der Waals surface area contributed by atoms with Gasteiger partial charge in [0.25, 0.3) is 0 Å². The summed E-state index contributed by atoms with van der Waals surface area (Å²) in [5.74, 6) is -2.05. The van der Waals surface area contributed by atoms with Gasteiger partial charge in [0.15, 0.2) is 0 Å². The molecule has 6 nitrogen and oxygen atoms in total. The minimum Gasteiger partial charge on any atom is -0.481 e. The molecule has 0 aromatic rings. The second-order valence-electron chi connectivity index (χ2n) is 3.17. The Bertz CT molecular complexity index is 252. The van der Waals surface area contributed by atoms with E-state index in [1.54, 1.807) is 0 Å². The summed E-state index contributed by atoms with van der Waals surface area (Å²) in [6, 6.07) is 0. The van der Waals surface area contributed by atoms with E-state index in [0.717, 1.165) is 11.3 Å². The third-order valence-corrected chi connectivity index (χ3v) is 1.68. The average Bonchev–Trinajstić information content (AvgIpc) is 2.13. The standard InChI is InChI=1S/C9H16N2O4/c1-3-4-10-7(12)6-11(2)8(13)5-9(14)15/h3-6H2,1-2H3,(H,10,12)(H,14,15). The first-order valence-corrected chi connectivity index (χ1v) is 4.69. The number of nitrogens with one attached hydrogen (secondary N) is 1. The third kappa shape index (κ3) is 6.48. The second-order valence-corrected chi connectivity index (χ2v) is 3.17. The summed E-state index contributed by atoms with van der Waals surface area (Å²) in [5, 5.41) is 11.0. The van der Waals surface area contributed by atoms with Crippen molar-refractivity contribution in [3.05, 3.63) is 0 Å². The number of rotatable bonds is 6. The van der Waals surface area contributed by atoms with Crippen LogP contribution in [-0.4, -0.2) is 47.9 Å². The van der Waals surface area contributed by atoms with Crippen molar-refractivity contribution in [2.75, 3.05) is 20.1 Å². The minimum atomic E-state index is -1.19. The Morgan fingerprint density at radius 1 is 1.33 bits per heavy atom. The van der Waals surface area contributed by atoms with E-state index >= 15 is 0 Å². The smallest absolute Gasteiger partial charge is 0.312 e. The molecule has 2 N–H and O–H groups in total. The van der Waals surface area contributed by atoms with E-state index in [0.29, 0.717) is 6.54 Å². The molecular weight excluding hydrogens is 200 g/mol. The summed E-state index contributed by atoms with van der Waals surface area (Å²) in [6.07, 6.45) is 0.232. The Morgan fingerprint density at radius 2 is 1.93 bits per heavy atom. The number of carbonyl (C=O) groups is 3. The molecule has 6 heteroatoms. The van der Waals surface area contributed by atoms with E-state index < -0.39 is 18.3 Å². The van der Waals surface area contributed by atoms with Crippen LogP contribution in [0.5, 0.6) is 0 Å². The number of carbonyl (C=O) groups excluding carboxylic acids is 2. The van der Waals surface area contributed by atoms with Gasteiger partial charge < -0.3 is 15.3 Å². The van der Waals surface area contributed by atoms with Gasteiger partial charge >= 0.3 is 5.97 Å². The van der Waals surface area contributed by atoms with Gasteiger partial charge in [0.1, 0.15) is 6.42 Å². The van der Waals surface area contributed by atoms with Crippen LogP contribution in [0, 0.1) is 0 Å². The third-order valence-electron chi connectivity index (χ3n) is 1.68. The van der Waals surface area contributed by atoms with Crippen LogP contribution in [0.2, 0.25) is 0 Å². The van der Waals surface area contributed by atoms with Crippen LogP contribution >= 0.6 is 0 Å². The van der Waals surface area contributed by atoms with E-state index in [9.17, 15) is 14.4 Å². The fourth-order valence-electron chi connectivity index (χ4n) is 0.888. The van der Waals surface area contributed by atoms with Crippen molar-refractivity contribution < 1.29 is 19.5 Å². The summed E-state index contributed by atoms with van der Waals surface area (Å²) in [7, 11) is 1.40. The molecule has 0 aliphatic carbocycles. The summed E-state index contributed by atoms with van der Waals surface area (Å²) in [6.45, 7) is 2.37. The van der Waals surface area contributed by atoms with Gasteiger partial charge in [0.2, 0.25) is 11.8 Å². The Kier molecular flexibility index (Phi) is 6.08. The number of carboxylic acid groups (broad SMARTS) is 1. The van der Waals surface area contributed by atoms with Crippen molar-refractivity contribution >= 4 is 17.8 Å². The van der Waals surface area contributed by atoms with Crippen LogP contribution in [0.15, 0.2) is 0 Å². The maximum absolute atomic E-state index is 11.2. The molecule has 0 aromatic carbocycles. The van der Waals surface area contributed by atoms with Crippen LogP contribution in [0.3, 0.4) is 0 Å². The molecule has 2 amide bonds. The van der Waals surface area contributed by atoms with Gasteiger partial charge in [0.05, 0.1) is 6.54 Å². The predicted molar refractivity (Wildman–Crippen MR) is 53.2 cm³/mol. The fraction of sp³-hybridized carbons (Fsp3) is 0.667. The Labute approximate surface area is 88.2 Å². The van der Waals surface area contributed by atoms with Crippen molar-refractivity contribution in [1.82, 2.24) is 10.2 Å². The van der Waals surface area contributed by atoms with Gasteiger partial charge in [-0.2, -0.15) is 0 Å². The molecule has 86 valence electrons. The maximum Gasteiger partial charge on any atom is 0.312 e. The number of hydrogen-bond donors (Lipinski definition) is 2. The van der Waals surface area contributed by atoms with Crippen LogP contribution in [-0.2, 0) is 14.4 Å². The normalized spacial score (nSPS) is 9.47. The summed E-state index contributed by atoms with van der Waals surface area (Å²) >= 11 is 0. The molecule has 0 rings (SSSR count). The summed E-state index contributed by atoms with van der Waals surface area (Å²) in [5.41, 5.74) is 0. The molecule has 0 radical (unpaired) electrons. The lowest BCUT2D eigenvalue weighted by molar-refractivity contribution is -0.145. The van der Waals surface area contributed by atoms with Crippen molar-refractivity contribution in [3.8, 4) is 0 Å². The summed E-state index contributed by atoms with van der Waals surface area (Å²) < 4.78 is 0. The first kappa shape index (κ1) is 13.4. The monoisotopic (exact) mass is 216 g/mol. The quantitative estimate of drug-likeness (QED) is 0.583. The second kappa shape index (κ2) is 6.80. The number of likely N-dealkylation sites (N-methyl/N-ethyl adjacent to an activating group) is 1. The average molecular weight is 216 g/mol. The molecule has 0 aliphatic heterocycles. The van der Waals surface area contributed by atoms with E-state index in [1.165, 1.54) is 7.05 Å². The molecule has 0 fully saturated rings. The lowest BCUT2D eigenvalue weighted by Crippen LogP contribution is -2.39. The highest BCUT2D eigenvalue weighted by atomic mass is 16.4. The molecular formula is C9H16N2O4. The molecule has 0 bridgehead atoms. The molecule has 0 heterocycles. The van der Waals surface area contributed by atoms with E-state index in [4.69, 9.17) is 5.11 Å². The minimum absolute atomic E-state index is 0.105. The SMILES string of the molecule is CCCNC(=O)CN(C)C(=O)CC(=O)O. The molecule has 0 aromatic heterocycles. The lowest BCUT2D eigenvalue weighted by Gasteiger charge is -2.15. The van der Waals surface area contributed by atoms with Gasteiger partial charge in [0, 0.05) is 13.6 Å². The number of aliphatic carboxylic acids is 1. The molecule has 0 atom stereocenters. The zero-order valence-electron chi connectivity index (χ0n) is 8.95. The molecule has 0 saturated carbocycles. The number of amides is 2. The van der Waals surface area contributed by atoms with E-state index in [1.807, 2.05) is 6.92 Å². The highest BCUT2D eigenvalue weighted by molar-refractivity contribution is 5.95. The van der Waals surface area contributed by atoms with Crippen molar-refractivity contribution in [1.29, 1.82) is 0 Å². The molecule has 0 aliphatic rings. The zero-order chi connectivity index (χ0) is 11.8. The van der Waals surface area contributed by atoms with Gasteiger partial charge in [-0.3, -0.25) is 14.4 Å². The van der Waals surface area contributed by atoms with Crippen molar-refractivity contribution in [2.45, 2.75) is 19.8 Å². The number of carboxylic acids is 1.